The van der Waals surface area contributed by atoms with Gasteiger partial charge in [0.1, 0.15) is 16.9 Å². The lowest BCUT2D eigenvalue weighted by molar-refractivity contribution is 0.415. The Morgan fingerprint density at radius 3 is 2.78 bits per heavy atom. The van der Waals surface area contributed by atoms with E-state index in [0.717, 1.165) is 0 Å². The van der Waals surface area contributed by atoms with Crippen LogP contribution in [0.1, 0.15) is 0 Å². The molecule has 0 saturated heterocycles. The van der Waals surface area contributed by atoms with Crippen LogP contribution in [0.3, 0.4) is 0 Å². The Balaban J connectivity index is 2.54. The van der Waals surface area contributed by atoms with Crippen LogP contribution in [0.5, 0.6) is 5.75 Å². The molecular formula is C14H9ClO3. The van der Waals surface area contributed by atoms with Crippen LogP contribution in [0.15, 0.2) is 45.6 Å². The van der Waals surface area contributed by atoms with Crippen LogP contribution in [0, 0.1) is 0 Å². The Kier molecular flexibility index (Phi) is 2.49. The normalized spacial score (nSPS) is 11.0. The van der Waals surface area contributed by atoms with Crippen LogP contribution in [-0.4, -0.2) is 7.11 Å². The number of methoxy groups -OCH3 is 1. The van der Waals surface area contributed by atoms with Gasteiger partial charge in [-0.15, -0.1) is 0 Å². The second-order valence-electron chi connectivity index (χ2n) is 3.91. The van der Waals surface area contributed by atoms with Crippen molar-refractivity contribution < 1.29 is 9.15 Å². The molecule has 0 fully saturated rings. The van der Waals surface area contributed by atoms with Crippen molar-refractivity contribution in [3.63, 3.8) is 0 Å². The Morgan fingerprint density at radius 1 is 1.17 bits per heavy atom. The second kappa shape index (κ2) is 4.03. The topological polar surface area (TPSA) is 39.4 Å². The van der Waals surface area contributed by atoms with E-state index in [1.165, 1.54) is 0 Å². The molecule has 0 bridgehead atoms. The van der Waals surface area contributed by atoms with Gasteiger partial charge in [0.2, 0.25) is 5.43 Å². The molecule has 3 aromatic rings. The quantitative estimate of drug-likeness (QED) is 0.628. The van der Waals surface area contributed by atoms with Gasteiger partial charge in [0, 0.05) is 0 Å². The van der Waals surface area contributed by atoms with E-state index < -0.39 is 0 Å². The molecule has 0 unspecified atom stereocenters. The molecule has 0 radical (unpaired) electrons. The van der Waals surface area contributed by atoms with Crippen LogP contribution in [-0.2, 0) is 0 Å². The molecule has 0 N–H and O–H groups in total. The van der Waals surface area contributed by atoms with E-state index in [1.807, 2.05) is 0 Å². The summed E-state index contributed by atoms with van der Waals surface area (Å²) in [6.07, 6.45) is 0. The Morgan fingerprint density at radius 2 is 2.00 bits per heavy atom. The Hall–Kier alpha value is -2.00. The highest BCUT2D eigenvalue weighted by Gasteiger charge is 2.10. The van der Waals surface area contributed by atoms with Crippen molar-refractivity contribution >= 4 is 33.5 Å². The maximum atomic E-state index is 12.4. The largest absolute Gasteiger partial charge is 0.497 e. The molecule has 0 aliphatic heterocycles. The summed E-state index contributed by atoms with van der Waals surface area (Å²) in [6.45, 7) is 0. The van der Waals surface area contributed by atoms with Gasteiger partial charge in [-0.3, -0.25) is 4.79 Å². The van der Waals surface area contributed by atoms with Gasteiger partial charge < -0.3 is 9.15 Å². The predicted octanol–water partition coefficient (Wildman–Crippen LogP) is 3.61. The van der Waals surface area contributed by atoms with Crippen LogP contribution in [0.2, 0.25) is 5.02 Å². The lowest BCUT2D eigenvalue weighted by Crippen LogP contribution is -2.02. The van der Waals surface area contributed by atoms with Crippen molar-refractivity contribution in [3.8, 4) is 5.75 Å². The molecule has 0 amide bonds. The first-order valence-corrected chi connectivity index (χ1v) is 5.77. The summed E-state index contributed by atoms with van der Waals surface area (Å²) < 4.78 is 10.8. The van der Waals surface area contributed by atoms with Gasteiger partial charge in [0.05, 0.1) is 22.9 Å². The lowest BCUT2D eigenvalue weighted by atomic mass is 10.1. The highest BCUT2D eigenvalue weighted by atomic mass is 35.5. The van der Waals surface area contributed by atoms with Crippen molar-refractivity contribution in [1.29, 1.82) is 0 Å². The SMILES string of the molecule is COc1ccc2oc3cccc(Cl)c3c(=O)c2c1. The third kappa shape index (κ3) is 1.56. The van der Waals surface area contributed by atoms with E-state index in [-0.39, 0.29) is 5.43 Å². The Labute approximate surface area is 108 Å². The zero-order valence-corrected chi connectivity index (χ0v) is 10.3. The Bertz CT molecular complexity index is 805. The monoisotopic (exact) mass is 260 g/mol. The number of halogens is 1. The van der Waals surface area contributed by atoms with Crippen molar-refractivity contribution in [2.75, 3.05) is 7.11 Å². The number of ether oxygens (including phenoxy) is 1. The van der Waals surface area contributed by atoms with E-state index in [4.69, 9.17) is 20.8 Å². The highest BCUT2D eigenvalue weighted by Crippen LogP contribution is 2.26. The van der Waals surface area contributed by atoms with Gasteiger partial charge in [0.15, 0.2) is 0 Å². The van der Waals surface area contributed by atoms with Crippen LogP contribution < -0.4 is 10.2 Å². The lowest BCUT2D eigenvalue weighted by Gasteiger charge is -2.04. The number of rotatable bonds is 1. The predicted molar refractivity (Wildman–Crippen MR) is 71.6 cm³/mol. The zero-order chi connectivity index (χ0) is 12.7. The van der Waals surface area contributed by atoms with Crippen LogP contribution in [0.25, 0.3) is 21.9 Å². The maximum absolute atomic E-state index is 12.4. The third-order valence-electron chi connectivity index (χ3n) is 2.85. The minimum Gasteiger partial charge on any atom is -0.497 e. The summed E-state index contributed by atoms with van der Waals surface area (Å²) in [5, 5.41) is 1.26. The van der Waals surface area contributed by atoms with Crippen LogP contribution in [0.4, 0.5) is 0 Å². The number of benzene rings is 2. The molecule has 3 rings (SSSR count). The van der Waals surface area contributed by atoms with Gasteiger partial charge >= 0.3 is 0 Å². The first-order valence-electron chi connectivity index (χ1n) is 5.40. The molecule has 1 aromatic heterocycles. The van der Waals surface area contributed by atoms with Gasteiger partial charge in [0.25, 0.3) is 0 Å². The van der Waals surface area contributed by atoms with E-state index in [0.29, 0.717) is 32.7 Å². The molecule has 90 valence electrons. The number of hydrogen-bond donors (Lipinski definition) is 0. The van der Waals surface area contributed by atoms with E-state index in [1.54, 1.807) is 43.5 Å². The molecule has 0 saturated carbocycles. The molecule has 18 heavy (non-hydrogen) atoms. The number of hydrogen-bond acceptors (Lipinski definition) is 3. The summed E-state index contributed by atoms with van der Waals surface area (Å²) in [5.74, 6) is 0.612. The summed E-state index contributed by atoms with van der Waals surface area (Å²) in [4.78, 5) is 12.4. The standard InChI is InChI=1S/C14H9ClO3/c1-17-8-5-6-11-9(7-8)14(16)13-10(15)3-2-4-12(13)18-11/h2-7H,1H3. The molecule has 0 aliphatic carbocycles. The van der Waals surface area contributed by atoms with Crippen LogP contribution >= 0.6 is 11.6 Å². The fourth-order valence-corrected chi connectivity index (χ4v) is 2.22. The molecule has 0 spiro atoms. The number of fused-ring (bicyclic) bond motifs is 2. The fraction of sp³-hybridized carbons (Fsp3) is 0.0714. The van der Waals surface area contributed by atoms with Gasteiger partial charge in [-0.1, -0.05) is 17.7 Å². The minimum atomic E-state index is -0.143. The first-order chi connectivity index (χ1) is 8.70. The molecule has 3 nitrogen and oxygen atoms in total. The molecule has 0 aliphatic rings. The summed E-state index contributed by atoms with van der Waals surface area (Å²) in [5.41, 5.74) is 0.872. The average molecular weight is 261 g/mol. The third-order valence-corrected chi connectivity index (χ3v) is 3.17. The fourth-order valence-electron chi connectivity index (χ4n) is 1.97. The first kappa shape index (κ1) is 11.1. The minimum absolute atomic E-state index is 0.143. The van der Waals surface area contributed by atoms with Gasteiger partial charge in [-0.05, 0) is 30.3 Å². The van der Waals surface area contributed by atoms with Crippen molar-refractivity contribution in [2.45, 2.75) is 0 Å². The zero-order valence-electron chi connectivity index (χ0n) is 9.57. The van der Waals surface area contributed by atoms with E-state index in [2.05, 4.69) is 0 Å². The van der Waals surface area contributed by atoms with Gasteiger partial charge in [-0.25, -0.2) is 0 Å². The molecule has 1 heterocycles. The van der Waals surface area contributed by atoms with E-state index >= 15 is 0 Å². The van der Waals surface area contributed by atoms with Gasteiger partial charge in [-0.2, -0.15) is 0 Å². The van der Waals surface area contributed by atoms with Crippen molar-refractivity contribution in [1.82, 2.24) is 0 Å². The molecule has 4 heteroatoms. The second-order valence-corrected chi connectivity index (χ2v) is 4.31. The van der Waals surface area contributed by atoms with E-state index in [9.17, 15) is 4.79 Å². The summed E-state index contributed by atoms with van der Waals surface area (Å²) >= 11 is 6.05. The van der Waals surface area contributed by atoms with Crippen molar-refractivity contribution in [2.24, 2.45) is 0 Å². The summed E-state index contributed by atoms with van der Waals surface area (Å²) in [7, 11) is 1.55. The average Bonchev–Trinajstić information content (AvgIpc) is 2.38. The summed E-state index contributed by atoms with van der Waals surface area (Å²) in [6, 6.07) is 10.3. The molecular weight excluding hydrogens is 252 g/mol. The molecule has 0 atom stereocenters. The highest BCUT2D eigenvalue weighted by molar-refractivity contribution is 6.35. The maximum Gasteiger partial charge on any atom is 0.202 e. The molecule has 2 aromatic carbocycles. The van der Waals surface area contributed by atoms with Crippen molar-refractivity contribution in [3.05, 3.63) is 51.6 Å². The smallest absolute Gasteiger partial charge is 0.202 e.